The summed E-state index contributed by atoms with van der Waals surface area (Å²) >= 11 is 0. The molecular weight excluding hydrogens is 264 g/mol. The molecule has 3 N–H and O–H groups in total. The van der Waals surface area contributed by atoms with Gasteiger partial charge in [0.1, 0.15) is 0 Å². The van der Waals surface area contributed by atoms with Crippen LogP contribution >= 0.6 is 0 Å². The number of nitrogens with one attached hydrogen (secondary N) is 1. The summed E-state index contributed by atoms with van der Waals surface area (Å²) in [7, 11) is 4.31. The fraction of sp³-hybridized carbons (Fsp3) is 0.938. The fourth-order valence-corrected chi connectivity index (χ4v) is 3.46. The van der Waals surface area contributed by atoms with Crippen LogP contribution in [-0.4, -0.2) is 67.1 Å². The summed E-state index contributed by atoms with van der Waals surface area (Å²) in [6.45, 7) is 11.6. The molecule has 3 unspecified atom stereocenters. The number of nitrogens with zero attached hydrogens (tertiary/aromatic N) is 2. The second-order valence-corrected chi connectivity index (χ2v) is 7.37. The quantitative estimate of drug-likeness (QED) is 0.699. The molecular formula is C16H34N4O. The number of likely N-dealkylation sites (tertiary alicyclic amines) is 1. The maximum Gasteiger partial charge on any atom is 0.237 e. The zero-order valence-electron chi connectivity index (χ0n) is 14.6. The molecule has 3 atom stereocenters. The van der Waals surface area contributed by atoms with E-state index in [4.69, 9.17) is 5.73 Å². The lowest BCUT2D eigenvalue weighted by atomic mass is 9.94. The summed E-state index contributed by atoms with van der Waals surface area (Å²) in [4.78, 5) is 16.5. The van der Waals surface area contributed by atoms with Crippen molar-refractivity contribution in [2.45, 2.75) is 58.2 Å². The van der Waals surface area contributed by atoms with Crippen LogP contribution in [0.3, 0.4) is 0 Å². The zero-order chi connectivity index (χ0) is 16.2. The van der Waals surface area contributed by atoms with Gasteiger partial charge in [-0.3, -0.25) is 4.79 Å². The van der Waals surface area contributed by atoms with Gasteiger partial charge >= 0.3 is 0 Å². The first-order valence-corrected chi connectivity index (χ1v) is 8.12. The molecule has 0 saturated carbocycles. The van der Waals surface area contributed by atoms with Crippen LogP contribution in [-0.2, 0) is 4.79 Å². The number of likely N-dealkylation sites (N-methyl/N-ethyl adjacent to an activating group) is 1. The van der Waals surface area contributed by atoms with Crippen molar-refractivity contribution < 1.29 is 4.79 Å². The normalized spacial score (nSPS) is 26.5. The van der Waals surface area contributed by atoms with Crippen molar-refractivity contribution in [1.82, 2.24) is 15.1 Å². The highest BCUT2D eigenvalue weighted by molar-refractivity contribution is 5.84. The molecule has 1 rings (SSSR count). The predicted molar refractivity (Wildman–Crippen MR) is 88.2 cm³/mol. The molecule has 1 heterocycles. The zero-order valence-corrected chi connectivity index (χ0v) is 14.6. The summed E-state index contributed by atoms with van der Waals surface area (Å²) in [5.41, 5.74) is 4.98. The summed E-state index contributed by atoms with van der Waals surface area (Å²) in [6.07, 6.45) is 1.78. The Morgan fingerprint density at radius 2 is 2.05 bits per heavy atom. The van der Waals surface area contributed by atoms with Crippen LogP contribution in [0.15, 0.2) is 0 Å². The Balaban J connectivity index is 2.43. The molecule has 5 nitrogen and oxygen atoms in total. The van der Waals surface area contributed by atoms with E-state index < -0.39 is 5.54 Å². The SMILES string of the molecule is CC(C)NC(C)(CCCN1CC(C)C(N(C)C)C1)C(N)=O. The molecule has 1 saturated heterocycles. The van der Waals surface area contributed by atoms with Crippen LogP contribution in [0.2, 0.25) is 0 Å². The van der Waals surface area contributed by atoms with Gasteiger partial charge in [0.15, 0.2) is 0 Å². The van der Waals surface area contributed by atoms with Crippen molar-refractivity contribution in [3.8, 4) is 0 Å². The number of hydrogen-bond acceptors (Lipinski definition) is 4. The Bertz CT molecular complexity index is 345. The number of amides is 1. The van der Waals surface area contributed by atoms with Gasteiger partial charge in [0.05, 0.1) is 5.54 Å². The van der Waals surface area contributed by atoms with Gasteiger partial charge in [0, 0.05) is 25.2 Å². The molecule has 0 bridgehead atoms. The van der Waals surface area contributed by atoms with Crippen LogP contribution in [0.4, 0.5) is 0 Å². The second kappa shape index (κ2) is 7.56. The van der Waals surface area contributed by atoms with E-state index >= 15 is 0 Å². The summed E-state index contributed by atoms with van der Waals surface area (Å²) in [6, 6.07) is 0.897. The Morgan fingerprint density at radius 1 is 1.43 bits per heavy atom. The van der Waals surface area contributed by atoms with E-state index in [2.05, 4.69) is 36.1 Å². The lowest BCUT2D eigenvalue weighted by molar-refractivity contribution is -0.124. The van der Waals surface area contributed by atoms with Gasteiger partial charge in [-0.15, -0.1) is 0 Å². The number of carbonyl (C=O) groups is 1. The minimum Gasteiger partial charge on any atom is -0.368 e. The van der Waals surface area contributed by atoms with Gasteiger partial charge in [-0.05, 0) is 60.2 Å². The van der Waals surface area contributed by atoms with Crippen LogP contribution in [0, 0.1) is 5.92 Å². The van der Waals surface area contributed by atoms with Crippen molar-refractivity contribution in [3.05, 3.63) is 0 Å². The number of rotatable bonds is 8. The van der Waals surface area contributed by atoms with E-state index in [1.165, 1.54) is 0 Å². The maximum atomic E-state index is 11.7. The molecule has 0 aromatic rings. The van der Waals surface area contributed by atoms with E-state index in [0.29, 0.717) is 12.0 Å². The van der Waals surface area contributed by atoms with Gasteiger partial charge in [-0.1, -0.05) is 6.92 Å². The van der Waals surface area contributed by atoms with E-state index in [1.807, 2.05) is 20.8 Å². The van der Waals surface area contributed by atoms with E-state index in [9.17, 15) is 4.79 Å². The minimum absolute atomic E-state index is 0.253. The molecule has 0 radical (unpaired) electrons. The molecule has 1 aliphatic heterocycles. The van der Waals surface area contributed by atoms with E-state index in [-0.39, 0.29) is 11.9 Å². The molecule has 5 heteroatoms. The van der Waals surface area contributed by atoms with Crippen LogP contribution in [0.1, 0.15) is 40.5 Å². The first-order chi connectivity index (χ1) is 9.65. The third-order valence-corrected chi connectivity index (χ3v) is 4.61. The smallest absolute Gasteiger partial charge is 0.237 e. The highest BCUT2D eigenvalue weighted by atomic mass is 16.1. The van der Waals surface area contributed by atoms with Gasteiger partial charge in [-0.2, -0.15) is 0 Å². The van der Waals surface area contributed by atoms with Gasteiger partial charge < -0.3 is 20.9 Å². The van der Waals surface area contributed by atoms with Crippen LogP contribution in [0.5, 0.6) is 0 Å². The molecule has 0 aromatic heterocycles. The first kappa shape index (κ1) is 18.4. The first-order valence-electron chi connectivity index (χ1n) is 8.12. The third-order valence-electron chi connectivity index (χ3n) is 4.61. The number of hydrogen-bond donors (Lipinski definition) is 2. The fourth-order valence-electron chi connectivity index (χ4n) is 3.46. The standard InChI is InChI=1S/C16H34N4O/c1-12(2)18-16(4,15(17)21)8-7-9-20-10-13(3)14(11-20)19(5)6/h12-14,18H,7-11H2,1-6H3,(H2,17,21). The van der Waals surface area contributed by atoms with Crippen molar-refractivity contribution in [1.29, 1.82) is 0 Å². The monoisotopic (exact) mass is 298 g/mol. The van der Waals surface area contributed by atoms with E-state index in [1.54, 1.807) is 0 Å². The van der Waals surface area contributed by atoms with Crippen LogP contribution in [0.25, 0.3) is 0 Å². The molecule has 1 amide bonds. The van der Waals surface area contributed by atoms with Gasteiger partial charge in [0.2, 0.25) is 5.91 Å². The van der Waals surface area contributed by atoms with Crippen molar-refractivity contribution in [2.24, 2.45) is 11.7 Å². The average molecular weight is 298 g/mol. The maximum absolute atomic E-state index is 11.7. The molecule has 0 aromatic carbocycles. The third kappa shape index (κ3) is 5.24. The number of carbonyl (C=O) groups excluding carboxylic acids is 1. The summed E-state index contributed by atoms with van der Waals surface area (Å²) in [5.74, 6) is 0.452. The highest BCUT2D eigenvalue weighted by Crippen LogP contribution is 2.21. The van der Waals surface area contributed by atoms with Gasteiger partial charge in [0.25, 0.3) is 0 Å². The number of nitrogens with two attached hydrogens (primary N) is 1. The molecule has 1 fully saturated rings. The molecule has 0 aliphatic carbocycles. The predicted octanol–water partition coefficient (Wildman–Crippen LogP) is 0.891. The topological polar surface area (TPSA) is 61.6 Å². The lowest BCUT2D eigenvalue weighted by Gasteiger charge is -2.30. The minimum atomic E-state index is -0.597. The Kier molecular flexibility index (Phi) is 6.63. The molecule has 21 heavy (non-hydrogen) atoms. The van der Waals surface area contributed by atoms with Crippen molar-refractivity contribution in [3.63, 3.8) is 0 Å². The largest absolute Gasteiger partial charge is 0.368 e. The Morgan fingerprint density at radius 3 is 2.48 bits per heavy atom. The highest BCUT2D eigenvalue weighted by Gasteiger charge is 2.33. The molecule has 124 valence electrons. The van der Waals surface area contributed by atoms with Gasteiger partial charge in [-0.25, -0.2) is 0 Å². The Labute approximate surface area is 130 Å². The number of primary amides is 1. The summed E-state index contributed by atoms with van der Waals surface area (Å²) < 4.78 is 0. The van der Waals surface area contributed by atoms with Crippen LogP contribution < -0.4 is 11.1 Å². The second-order valence-electron chi connectivity index (χ2n) is 7.37. The van der Waals surface area contributed by atoms with Crippen molar-refractivity contribution in [2.75, 3.05) is 33.7 Å². The molecule has 1 aliphatic rings. The van der Waals surface area contributed by atoms with E-state index in [0.717, 1.165) is 32.5 Å². The average Bonchev–Trinajstić information content (AvgIpc) is 2.69. The Hall–Kier alpha value is -0.650. The van der Waals surface area contributed by atoms with Crippen molar-refractivity contribution >= 4 is 5.91 Å². The lowest BCUT2D eigenvalue weighted by Crippen LogP contribution is -2.55. The summed E-state index contributed by atoms with van der Waals surface area (Å²) in [5, 5.41) is 3.32. The molecule has 0 spiro atoms.